The molecule has 26 heavy (non-hydrogen) atoms. The van der Waals surface area contributed by atoms with Crippen LogP contribution in [0.25, 0.3) is 0 Å². The summed E-state index contributed by atoms with van der Waals surface area (Å²) in [5.74, 6) is 0.456. The Hall–Kier alpha value is -1.56. The molecular formula is C26H38. The van der Waals surface area contributed by atoms with Crippen LogP contribution in [0.15, 0.2) is 24.3 Å². The smallest absolute Gasteiger partial charge is 0.00614 e. The van der Waals surface area contributed by atoms with Gasteiger partial charge in [-0.05, 0) is 83.0 Å². The normalized spacial score (nSPS) is 11.4. The minimum Gasteiger partial charge on any atom is -0.0613 e. The fourth-order valence-electron chi connectivity index (χ4n) is 4.51. The lowest BCUT2D eigenvalue weighted by molar-refractivity contribution is 0.876. The van der Waals surface area contributed by atoms with Gasteiger partial charge in [0.1, 0.15) is 0 Å². The van der Waals surface area contributed by atoms with Crippen molar-refractivity contribution in [1.82, 2.24) is 0 Å². The van der Waals surface area contributed by atoms with Gasteiger partial charge in [-0.2, -0.15) is 0 Å². The minimum atomic E-state index is 0.456. The van der Waals surface area contributed by atoms with Crippen LogP contribution in [0.2, 0.25) is 0 Å². The van der Waals surface area contributed by atoms with E-state index in [1.165, 1.54) is 11.1 Å². The predicted molar refractivity (Wildman–Crippen MR) is 117 cm³/mol. The van der Waals surface area contributed by atoms with Crippen LogP contribution in [0.3, 0.4) is 0 Å². The number of aryl methyl sites for hydroxylation is 4. The molecule has 0 aliphatic rings. The minimum absolute atomic E-state index is 0.456. The number of rotatable bonds is 8. The van der Waals surface area contributed by atoms with Crippen molar-refractivity contribution in [3.05, 3.63) is 68.8 Å². The molecule has 0 fully saturated rings. The van der Waals surface area contributed by atoms with Crippen LogP contribution in [0, 0.1) is 0 Å². The van der Waals surface area contributed by atoms with Gasteiger partial charge in [0.15, 0.2) is 0 Å². The van der Waals surface area contributed by atoms with Crippen LogP contribution in [0.1, 0.15) is 98.9 Å². The molecule has 0 aromatic heterocycles. The van der Waals surface area contributed by atoms with E-state index in [2.05, 4.69) is 72.7 Å². The summed E-state index contributed by atoms with van der Waals surface area (Å²) in [4.78, 5) is 0. The van der Waals surface area contributed by atoms with Crippen molar-refractivity contribution in [1.29, 1.82) is 0 Å². The van der Waals surface area contributed by atoms with Crippen LogP contribution in [0.5, 0.6) is 0 Å². The Morgan fingerprint density at radius 1 is 0.500 bits per heavy atom. The molecule has 2 aromatic rings. The van der Waals surface area contributed by atoms with Gasteiger partial charge in [0.05, 0.1) is 0 Å². The van der Waals surface area contributed by atoms with E-state index < -0.39 is 0 Å². The maximum atomic E-state index is 2.48. The fourth-order valence-corrected chi connectivity index (χ4v) is 4.51. The van der Waals surface area contributed by atoms with E-state index in [0.717, 1.165) is 38.5 Å². The van der Waals surface area contributed by atoms with E-state index in [1.807, 2.05) is 0 Å². The van der Waals surface area contributed by atoms with Gasteiger partial charge in [0.2, 0.25) is 0 Å². The average Bonchev–Trinajstić information content (AvgIpc) is 2.70. The monoisotopic (exact) mass is 350 g/mol. The molecule has 0 aliphatic heterocycles. The molecule has 0 unspecified atom stereocenters. The van der Waals surface area contributed by atoms with E-state index in [0.29, 0.717) is 5.92 Å². The van der Waals surface area contributed by atoms with E-state index in [-0.39, 0.29) is 0 Å². The molecule has 0 spiro atoms. The average molecular weight is 351 g/mol. The zero-order chi connectivity index (χ0) is 19.3. The van der Waals surface area contributed by atoms with Gasteiger partial charge < -0.3 is 0 Å². The molecule has 0 saturated carbocycles. The highest BCUT2D eigenvalue weighted by atomic mass is 14.2. The summed E-state index contributed by atoms with van der Waals surface area (Å²) < 4.78 is 0. The first-order chi connectivity index (χ1) is 12.5. The van der Waals surface area contributed by atoms with Gasteiger partial charge in [0, 0.05) is 5.92 Å². The zero-order valence-corrected chi connectivity index (χ0v) is 18.1. The maximum absolute atomic E-state index is 2.48. The molecular weight excluding hydrogens is 312 g/mol. The number of hydrogen-bond donors (Lipinski definition) is 0. The van der Waals surface area contributed by atoms with Crippen molar-refractivity contribution < 1.29 is 0 Å². The Morgan fingerprint density at radius 3 is 0.962 bits per heavy atom. The van der Waals surface area contributed by atoms with Gasteiger partial charge in [-0.3, -0.25) is 0 Å². The highest BCUT2D eigenvalue weighted by Gasteiger charge is 2.16. The van der Waals surface area contributed by atoms with Gasteiger partial charge >= 0.3 is 0 Å². The second-order valence-electron chi connectivity index (χ2n) is 7.48. The molecule has 2 aromatic carbocycles. The molecule has 0 saturated heterocycles. The highest BCUT2D eigenvalue weighted by molar-refractivity contribution is 5.47. The SMILES string of the molecule is CCc1cc(C(C)c2cc(CC)c(CC)c(CC)c2)cc(CC)c1CC. The molecule has 142 valence electrons. The van der Waals surface area contributed by atoms with Crippen molar-refractivity contribution in [2.75, 3.05) is 0 Å². The quantitative estimate of drug-likeness (QED) is 0.471. The summed E-state index contributed by atoms with van der Waals surface area (Å²) >= 11 is 0. The van der Waals surface area contributed by atoms with E-state index >= 15 is 0 Å². The van der Waals surface area contributed by atoms with Gasteiger partial charge in [0.25, 0.3) is 0 Å². The van der Waals surface area contributed by atoms with Crippen molar-refractivity contribution in [2.45, 2.75) is 92.9 Å². The molecule has 0 aliphatic carbocycles. The molecule has 0 bridgehead atoms. The lowest BCUT2D eigenvalue weighted by Crippen LogP contribution is -2.06. The lowest BCUT2D eigenvalue weighted by Gasteiger charge is -2.22. The fraction of sp³-hybridized carbons (Fsp3) is 0.538. The predicted octanol–water partition coefficient (Wildman–Crippen LogP) is 7.21. The third-order valence-electron chi connectivity index (χ3n) is 6.14. The maximum Gasteiger partial charge on any atom is 0.00614 e. The Kier molecular flexibility index (Phi) is 7.50. The summed E-state index contributed by atoms with van der Waals surface area (Å²) in [6, 6.07) is 9.92. The molecule has 0 atom stereocenters. The van der Waals surface area contributed by atoms with Gasteiger partial charge in [-0.15, -0.1) is 0 Å². The molecule has 0 amide bonds. The largest absolute Gasteiger partial charge is 0.0613 e. The third kappa shape index (κ3) is 4.05. The summed E-state index contributed by atoms with van der Waals surface area (Å²) in [5, 5.41) is 0. The Bertz CT molecular complexity index is 622. The van der Waals surface area contributed by atoms with Gasteiger partial charge in [-0.1, -0.05) is 72.7 Å². The van der Waals surface area contributed by atoms with Crippen LogP contribution in [-0.2, 0) is 38.5 Å². The summed E-state index contributed by atoms with van der Waals surface area (Å²) in [5.41, 5.74) is 12.3. The summed E-state index contributed by atoms with van der Waals surface area (Å²) in [6.45, 7) is 16.2. The zero-order valence-electron chi connectivity index (χ0n) is 18.1. The summed E-state index contributed by atoms with van der Waals surface area (Å²) in [7, 11) is 0. The van der Waals surface area contributed by atoms with Crippen molar-refractivity contribution in [3.8, 4) is 0 Å². The molecule has 0 heterocycles. The first kappa shape index (κ1) is 20.7. The Labute approximate surface area is 162 Å². The number of benzene rings is 2. The van der Waals surface area contributed by atoms with Gasteiger partial charge in [-0.25, -0.2) is 0 Å². The summed E-state index contributed by atoms with van der Waals surface area (Å²) in [6.07, 6.45) is 6.81. The molecule has 0 heteroatoms. The first-order valence-electron chi connectivity index (χ1n) is 10.8. The van der Waals surface area contributed by atoms with Crippen molar-refractivity contribution >= 4 is 0 Å². The molecule has 2 rings (SSSR count). The topological polar surface area (TPSA) is 0 Å². The van der Waals surface area contributed by atoms with E-state index in [9.17, 15) is 0 Å². The molecule has 0 radical (unpaired) electrons. The van der Waals surface area contributed by atoms with Crippen molar-refractivity contribution in [3.63, 3.8) is 0 Å². The third-order valence-corrected chi connectivity index (χ3v) is 6.14. The van der Waals surface area contributed by atoms with Crippen LogP contribution < -0.4 is 0 Å². The Morgan fingerprint density at radius 2 is 0.769 bits per heavy atom. The van der Waals surface area contributed by atoms with Crippen LogP contribution in [0.4, 0.5) is 0 Å². The van der Waals surface area contributed by atoms with E-state index in [4.69, 9.17) is 0 Å². The van der Waals surface area contributed by atoms with E-state index in [1.54, 1.807) is 33.4 Å². The highest BCUT2D eigenvalue weighted by Crippen LogP contribution is 2.32. The first-order valence-corrected chi connectivity index (χ1v) is 10.8. The number of hydrogen-bond acceptors (Lipinski definition) is 0. The molecule has 0 nitrogen and oxygen atoms in total. The van der Waals surface area contributed by atoms with Crippen LogP contribution >= 0.6 is 0 Å². The lowest BCUT2D eigenvalue weighted by atomic mass is 9.83. The standard InChI is InChI=1S/C26H38/c1-8-19-14-23(15-20(9-2)25(19)12-5)18(7)24-16-21(10-3)26(13-6)22(11-4)17-24/h14-18H,8-13H2,1-7H3. The van der Waals surface area contributed by atoms with Crippen LogP contribution in [-0.4, -0.2) is 0 Å². The second kappa shape index (κ2) is 9.40. The Balaban J connectivity index is 2.57. The molecule has 0 N–H and O–H groups in total. The van der Waals surface area contributed by atoms with Crippen molar-refractivity contribution in [2.24, 2.45) is 0 Å². The second-order valence-corrected chi connectivity index (χ2v) is 7.48.